The van der Waals surface area contributed by atoms with E-state index >= 15 is 0 Å². The number of quaternary nitrogens is 1. The molecule has 8 heteroatoms. The summed E-state index contributed by atoms with van der Waals surface area (Å²) in [5.74, 6) is 1.28. The highest BCUT2D eigenvalue weighted by Gasteiger charge is 2.39. The summed E-state index contributed by atoms with van der Waals surface area (Å²) in [5.41, 5.74) is 7.69. The number of halogens is 1. The molecule has 1 atom stereocenters. The predicted molar refractivity (Wildman–Crippen MR) is 124 cm³/mol. The number of hydrogen-bond acceptors (Lipinski definition) is 5. The first-order valence-corrected chi connectivity index (χ1v) is 10.7. The van der Waals surface area contributed by atoms with E-state index in [1.54, 1.807) is 0 Å². The number of hydrogen-bond donors (Lipinski definition) is 2. The molecule has 1 unspecified atom stereocenters. The third-order valence-electron chi connectivity index (χ3n) is 6.09. The van der Waals surface area contributed by atoms with Gasteiger partial charge in [-0.2, -0.15) is 4.98 Å². The number of nitrogens with one attached hydrogen (secondary N) is 1. The van der Waals surface area contributed by atoms with Gasteiger partial charge in [-0.15, -0.1) is 0 Å². The minimum absolute atomic E-state index is 0.260. The second-order valence-corrected chi connectivity index (χ2v) is 9.05. The lowest BCUT2D eigenvalue weighted by atomic mass is 9.88. The summed E-state index contributed by atoms with van der Waals surface area (Å²) in [6, 6.07) is 8.36. The summed E-state index contributed by atoms with van der Waals surface area (Å²) in [5, 5.41) is 4.17. The van der Waals surface area contributed by atoms with Crippen LogP contribution in [0.15, 0.2) is 30.5 Å². The molecule has 1 heterocycles. The monoisotopic (exact) mass is 431 g/mol. The smallest absolute Gasteiger partial charge is 0.273 e. The lowest BCUT2D eigenvalue weighted by Gasteiger charge is -2.43. The van der Waals surface area contributed by atoms with Gasteiger partial charge in [0.05, 0.1) is 13.1 Å². The first-order chi connectivity index (χ1) is 14.2. The van der Waals surface area contributed by atoms with Gasteiger partial charge in [0.25, 0.3) is 5.91 Å². The maximum absolute atomic E-state index is 11.9. The minimum Gasteiger partial charge on any atom is -0.365 e. The zero-order valence-electron chi connectivity index (χ0n) is 18.2. The van der Waals surface area contributed by atoms with Crippen LogP contribution in [0.3, 0.4) is 0 Å². The standard InChI is InChI=1S/C22H31ClN6O/c1-15-13-25-22(27-21(15)28(2)3)26-17-8-10-18(11-9-17)29(4,14-20(24)30)19-7-5-6-16(23)12-19/h5-7,12-13,17-18H,8-11,14H2,1-4H3,(H2-,24,25,26,27,30)/p+1. The van der Waals surface area contributed by atoms with Crippen molar-refractivity contribution in [3.05, 3.63) is 41.0 Å². The Morgan fingerprint density at radius 2 is 2.00 bits per heavy atom. The molecule has 1 aliphatic carbocycles. The van der Waals surface area contributed by atoms with Crippen LogP contribution < -0.4 is 20.4 Å². The van der Waals surface area contributed by atoms with Gasteiger partial charge in [-0.25, -0.2) is 4.98 Å². The maximum Gasteiger partial charge on any atom is 0.273 e. The van der Waals surface area contributed by atoms with Gasteiger partial charge >= 0.3 is 0 Å². The molecule has 1 fully saturated rings. The van der Waals surface area contributed by atoms with E-state index in [1.165, 1.54) is 0 Å². The molecular formula is C22H32ClN6O+. The molecule has 7 nitrogen and oxygen atoms in total. The highest BCUT2D eigenvalue weighted by atomic mass is 35.5. The molecular weight excluding hydrogens is 400 g/mol. The van der Waals surface area contributed by atoms with E-state index < -0.39 is 0 Å². The topological polar surface area (TPSA) is 84.1 Å². The Kier molecular flexibility index (Phi) is 6.83. The van der Waals surface area contributed by atoms with Crippen molar-refractivity contribution in [2.45, 2.75) is 44.7 Å². The predicted octanol–water partition coefficient (Wildman–Crippen LogP) is 3.35. The number of carbonyl (C=O) groups excluding carboxylic acids is 1. The van der Waals surface area contributed by atoms with Crippen LogP contribution >= 0.6 is 11.6 Å². The van der Waals surface area contributed by atoms with Crippen molar-refractivity contribution in [1.82, 2.24) is 14.5 Å². The van der Waals surface area contributed by atoms with Crippen LogP contribution in [0.1, 0.15) is 31.2 Å². The molecule has 0 aliphatic heterocycles. The van der Waals surface area contributed by atoms with Crippen molar-refractivity contribution in [2.24, 2.45) is 5.73 Å². The Morgan fingerprint density at radius 3 is 2.60 bits per heavy atom. The number of nitrogens with two attached hydrogens (primary N) is 1. The van der Waals surface area contributed by atoms with Crippen LogP contribution in [-0.2, 0) is 4.79 Å². The fraction of sp³-hybridized carbons (Fsp3) is 0.500. The average molecular weight is 432 g/mol. The number of primary amides is 1. The number of benzene rings is 1. The number of anilines is 2. The van der Waals surface area contributed by atoms with Crippen molar-refractivity contribution in [1.29, 1.82) is 0 Å². The summed E-state index contributed by atoms with van der Waals surface area (Å²) < 4.78 is 0.481. The minimum atomic E-state index is -0.304. The summed E-state index contributed by atoms with van der Waals surface area (Å²) in [6.07, 6.45) is 5.76. The molecule has 0 bridgehead atoms. The number of amides is 1. The van der Waals surface area contributed by atoms with Gasteiger partial charge in [-0.3, -0.25) is 9.28 Å². The van der Waals surface area contributed by atoms with Crippen molar-refractivity contribution in [2.75, 3.05) is 37.9 Å². The molecule has 3 N–H and O–H groups in total. The number of nitrogens with zero attached hydrogens (tertiary/aromatic N) is 4. The van der Waals surface area contributed by atoms with Gasteiger partial charge in [-0.05, 0) is 31.9 Å². The summed E-state index contributed by atoms with van der Waals surface area (Å²) in [4.78, 5) is 23.0. The van der Waals surface area contributed by atoms with Crippen molar-refractivity contribution in [3.63, 3.8) is 0 Å². The molecule has 3 rings (SSSR count). The third-order valence-corrected chi connectivity index (χ3v) is 6.32. The van der Waals surface area contributed by atoms with Crippen LogP contribution in [0.4, 0.5) is 17.5 Å². The van der Waals surface area contributed by atoms with Crippen molar-refractivity contribution in [3.8, 4) is 0 Å². The fourth-order valence-electron chi connectivity index (χ4n) is 4.48. The SMILES string of the molecule is Cc1cnc(NC2CCC([N+](C)(CC(N)=O)c3cccc(Cl)c3)CC2)nc1N(C)C. The van der Waals surface area contributed by atoms with Gasteiger partial charge in [-0.1, -0.05) is 17.7 Å². The van der Waals surface area contributed by atoms with Crippen LogP contribution in [0.2, 0.25) is 5.02 Å². The van der Waals surface area contributed by atoms with Gasteiger partial charge in [0.2, 0.25) is 5.95 Å². The molecule has 30 heavy (non-hydrogen) atoms. The first-order valence-electron chi connectivity index (χ1n) is 10.4. The van der Waals surface area contributed by atoms with Crippen LogP contribution in [0.25, 0.3) is 0 Å². The Morgan fingerprint density at radius 1 is 1.30 bits per heavy atom. The average Bonchev–Trinajstić information content (AvgIpc) is 2.69. The van der Waals surface area contributed by atoms with Crippen LogP contribution in [0.5, 0.6) is 0 Å². The van der Waals surface area contributed by atoms with E-state index in [-0.39, 0.29) is 12.5 Å². The number of carbonyl (C=O) groups is 1. The molecule has 1 saturated carbocycles. The van der Waals surface area contributed by atoms with E-state index in [0.29, 0.717) is 27.5 Å². The highest BCUT2D eigenvalue weighted by Crippen LogP contribution is 2.34. The number of aromatic nitrogens is 2. The second-order valence-electron chi connectivity index (χ2n) is 8.62. The molecule has 0 spiro atoms. The van der Waals surface area contributed by atoms with E-state index in [9.17, 15) is 4.79 Å². The molecule has 0 radical (unpaired) electrons. The van der Waals surface area contributed by atoms with Crippen molar-refractivity contribution < 1.29 is 4.79 Å². The van der Waals surface area contributed by atoms with Gasteiger partial charge in [0, 0.05) is 55.8 Å². The van der Waals surface area contributed by atoms with E-state index in [0.717, 1.165) is 42.8 Å². The zero-order chi connectivity index (χ0) is 21.9. The van der Waals surface area contributed by atoms with E-state index in [4.69, 9.17) is 17.3 Å². The molecule has 2 aromatic rings. The fourth-order valence-corrected chi connectivity index (χ4v) is 4.66. The highest BCUT2D eigenvalue weighted by molar-refractivity contribution is 6.30. The lowest BCUT2D eigenvalue weighted by molar-refractivity contribution is -0.119. The van der Waals surface area contributed by atoms with Gasteiger partial charge < -0.3 is 16.0 Å². The molecule has 1 aromatic carbocycles. The number of rotatable bonds is 7. The Bertz CT molecular complexity index is 897. The quantitative estimate of drug-likeness (QED) is 0.657. The second kappa shape index (κ2) is 9.18. The molecule has 1 aliphatic rings. The summed E-state index contributed by atoms with van der Waals surface area (Å²) in [7, 11) is 6.05. The van der Waals surface area contributed by atoms with Crippen LogP contribution in [0, 0.1) is 6.92 Å². The molecule has 1 aromatic heterocycles. The lowest BCUT2D eigenvalue weighted by Crippen LogP contribution is -2.59. The number of likely N-dealkylation sites (N-methyl/N-ethyl adjacent to an activating group) is 1. The van der Waals surface area contributed by atoms with Gasteiger partial charge in [0.1, 0.15) is 11.5 Å². The summed E-state index contributed by atoms with van der Waals surface area (Å²) in [6.45, 7) is 2.27. The van der Waals surface area contributed by atoms with E-state index in [2.05, 4.69) is 22.3 Å². The van der Waals surface area contributed by atoms with Crippen LogP contribution in [-0.4, -0.2) is 55.6 Å². The first kappa shape index (κ1) is 22.3. The largest absolute Gasteiger partial charge is 0.365 e. The molecule has 162 valence electrons. The summed E-state index contributed by atoms with van der Waals surface area (Å²) >= 11 is 6.23. The molecule has 0 saturated heterocycles. The molecule has 1 amide bonds. The number of aryl methyl sites for hydroxylation is 1. The third kappa shape index (κ3) is 5.02. The Hall–Kier alpha value is -2.38. The van der Waals surface area contributed by atoms with E-state index in [1.807, 2.05) is 56.4 Å². The zero-order valence-corrected chi connectivity index (χ0v) is 19.0. The Balaban J connectivity index is 1.71. The van der Waals surface area contributed by atoms with Crippen molar-refractivity contribution >= 4 is 35.0 Å². The Labute approximate surface area is 183 Å². The van der Waals surface area contributed by atoms with Gasteiger partial charge in [0.15, 0.2) is 6.54 Å². The maximum atomic E-state index is 11.9. The normalized spacial score (nSPS) is 21.0.